The predicted molar refractivity (Wildman–Crippen MR) is 54.3 cm³/mol. The molecule has 0 saturated heterocycles. The van der Waals surface area contributed by atoms with Crippen LogP contribution in [0.5, 0.6) is 0 Å². The van der Waals surface area contributed by atoms with Crippen LogP contribution in [0.2, 0.25) is 0 Å². The SMILES string of the molecule is CN(C)CC(O)c1ccc(N)c(F)c1. The first kappa shape index (κ1) is 10.9. The van der Waals surface area contributed by atoms with Gasteiger partial charge in [0.25, 0.3) is 0 Å². The van der Waals surface area contributed by atoms with Crippen molar-refractivity contribution < 1.29 is 9.50 Å². The predicted octanol–water partition coefficient (Wildman–Crippen LogP) is 1.00. The second-order valence-corrected chi connectivity index (χ2v) is 3.56. The fourth-order valence-electron chi connectivity index (χ4n) is 1.20. The standard InChI is InChI=1S/C10H15FN2O/c1-13(2)6-10(14)7-3-4-9(12)8(11)5-7/h3-5,10,14H,6,12H2,1-2H3. The van der Waals surface area contributed by atoms with Crippen LogP contribution in [0, 0.1) is 5.82 Å². The van der Waals surface area contributed by atoms with Gasteiger partial charge in [-0.05, 0) is 31.8 Å². The summed E-state index contributed by atoms with van der Waals surface area (Å²) in [6.07, 6.45) is -0.680. The lowest BCUT2D eigenvalue weighted by Crippen LogP contribution is -2.20. The van der Waals surface area contributed by atoms with Crippen LogP contribution in [0.1, 0.15) is 11.7 Å². The zero-order valence-electron chi connectivity index (χ0n) is 8.37. The van der Waals surface area contributed by atoms with Gasteiger partial charge in [-0.1, -0.05) is 6.07 Å². The van der Waals surface area contributed by atoms with Gasteiger partial charge in [0.05, 0.1) is 11.8 Å². The molecular weight excluding hydrogens is 183 g/mol. The molecule has 0 aliphatic rings. The van der Waals surface area contributed by atoms with Crippen molar-refractivity contribution in [2.45, 2.75) is 6.10 Å². The molecule has 0 amide bonds. The number of hydrogen-bond donors (Lipinski definition) is 2. The van der Waals surface area contributed by atoms with Gasteiger partial charge in [0.2, 0.25) is 0 Å². The highest BCUT2D eigenvalue weighted by Gasteiger charge is 2.10. The molecule has 0 saturated carbocycles. The number of benzene rings is 1. The van der Waals surface area contributed by atoms with E-state index in [1.807, 2.05) is 19.0 Å². The molecule has 1 aromatic rings. The van der Waals surface area contributed by atoms with Gasteiger partial charge in [-0.3, -0.25) is 0 Å². The Morgan fingerprint density at radius 3 is 2.64 bits per heavy atom. The van der Waals surface area contributed by atoms with E-state index in [0.29, 0.717) is 12.1 Å². The number of aliphatic hydroxyl groups is 1. The fourth-order valence-corrected chi connectivity index (χ4v) is 1.20. The van der Waals surface area contributed by atoms with Crippen LogP contribution in [0.15, 0.2) is 18.2 Å². The van der Waals surface area contributed by atoms with Gasteiger partial charge in [-0.25, -0.2) is 4.39 Å². The van der Waals surface area contributed by atoms with Crippen molar-refractivity contribution in [3.05, 3.63) is 29.6 Å². The number of halogens is 1. The van der Waals surface area contributed by atoms with Crippen molar-refractivity contribution in [1.29, 1.82) is 0 Å². The number of nitrogen functional groups attached to an aromatic ring is 1. The molecule has 0 heterocycles. The molecule has 0 radical (unpaired) electrons. The van der Waals surface area contributed by atoms with Gasteiger partial charge in [-0.2, -0.15) is 0 Å². The molecule has 3 nitrogen and oxygen atoms in total. The Morgan fingerprint density at radius 2 is 2.14 bits per heavy atom. The van der Waals surface area contributed by atoms with E-state index < -0.39 is 11.9 Å². The lowest BCUT2D eigenvalue weighted by atomic mass is 10.1. The van der Waals surface area contributed by atoms with Gasteiger partial charge in [0, 0.05) is 6.54 Å². The zero-order chi connectivity index (χ0) is 10.7. The third kappa shape index (κ3) is 2.68. The van der Waals surface area contributed by atoms with Crippen molar-refractivity contribution in [3.8, 4) is 0 Å². The minimum absolute atomic E-state index is 0.103. The summed E-state index contributed by atoms with van der Waals surface area (Å²) in [6.45, 7) is 0.462. The molecule has 1 atom stereocenters. The second-order valence-electron chi connectivity index (χ2n) is 3.56. The largest absolute Gasteiger partial charge is 0.396 e. The Hall–Kier alpha value is -1.13. The number of aliphatic hydroxyl groups excluding tert-OH is 1. The summed E-state index contributed by atoms with van der Waals surface area (Å²) in [6, 6.07) is 4.36. The lowest BCUT2D eigenvalue weighted by molar-refractivity contribution is 0.138. The van der Waals surface area contributed by atoms with E-state index in [9.17, 15) is 9.50 Å². The molecule has 0 aliphatic heterocycles. The highest BCUT2D eigenvalue weighted by Crippen LogP contribution is 2.18. The van der Waals surface area contributed by atoms with Crippen LogP contribution in [-0.4, -0.2) is 30.6 Å². The Kier molecular flexibility index (Phi) is 3.43. The second kappa shape index (κ2) is 4.39. The fraction of sp³-hybridized carbons (Fsp3) is 0.400. The summed E-state index contributed by atoms with van der Waals surface area (Å²) < 4.78 is 13.0. The van der Waals surface area contributed by atoms with Gasteiger partial charge < -0.3 is 15.7 Å². The molecule has 1 unspecified atom stereocenters. The normalized spacial score (nSPS) is 13.2. The maximum absolute atomic E-state index is 13.0. The van der Waals surface area contributed by atoms with Crippen LogP contribution >= 0.6 is 0 Å². The molecule has 0 bridgehead atoms. The Labute approximate surface area is 83.0 Å². The average molecular weight is 198 g/mol. The van der Waals surface area contributed by atoms with Crippen LogP contribution in [-0.2, 0) is 0 Å². The van der Waals surface area contributed by atoms with Crippen molar-refractivity contribution in [2.24, 2.45) is 0 Å². The molecule has 1 aromatic carbocycles. The van der Waals surface area contributed by atoms with E-state index in [1.54, 1.807) is 6.07 Å². The van der Waals surface area contributed by atoms with Gasteiger partial charge in [0.1, 0.15) is 5.82 Å². The van der Waals surface area contributed by atoms with Crippen molar-refractivity contribution in [3.63, 3.8) is 0 Å². The Balaban J connectivity index is 2.80. The third-order valence-electron chi connectivity index (χ3n) is 1.95. The van der Waals surface area contributed by atoms with E-state index in [0.717, 1.165) is 0 Å². The monoisotopic (exact) mass is 198 g/mol. The summed E-state index contributed by atoms with van der Waals surface area (Å²) in [5.41, 5.74) is 5.97. The molecule has 14 heavy (non-hydrogen) atoms. The number of hydrogen-bond acceptors (Lipinski definition) is 3. The summed E-state index contributed by atoms with van der Waals surface area (Å²) in [5, 5.41) is 9.66. The molecular formula is C10H15FN2O. The zero-order valence-corrected chi connectivity index (χ0v) is 8.37. The number of nitrogens with two attached hydrogens (primary N) is 1. The first-order valence-corrected chi connectivity index (χ1v) is 4.38. The minimum atomic E-state index is -0.680. The molecule has 4 heteroatoms. The van der Waals surface area contributed by atoms with Crippen LogP contribution < -0.4 is 5.73 Å². The van der Waals surface area contributed by atoms with Crippen LogP contribution in [0.25, 0.3) is 0 Å². The van der Waals surface area contributed by atoms with E-state index >= 15 is 0 Å². The summed E-state index contributed by atoms with van der Waals surface area (Å²) >= 11 is 0. The maximum atomic E-state index is 13.0. The Morgan fingerprint density at radius 1 is 1.50 bits per heavy atom. The summed E-state index contributed by atoms with van der Waals surface area (Å²) in [5.74, 6) is -0.486. The highest BCUT2D eigenvalue weighted by molar-refractivity contribution is 5.41. The van der Waals surface area contributed by atoms with E-state index in [1.165, 1.54) is 12.1 Å². The van der Waals surface area contributed by atoms with Gasteiger partial charge in [-0.15, -0.1) is 0 Å². The third-order valence-corrected chi connectivity index (χ3v) is 1.95. The van der Waals surface area contributed by atoms with E-state index in [2.05, 4.69) is 0 Å². The average Bonchev–Trinajstić information content (AvgIpc) is 2.08. The summed E-state index contributed by atoms with van der Waals surface area (Å²) in [4.78, 5) is 1.83. The quantitative estimate of drug-likeness (QED) is 0.712. The number of nitrogens with zero attached hydrogens (tertiary/aromatic N) is 1. The number of rotatable bonds is 3. The molecule has 3 N–H and O–H groups in total. The smallest absolute Gasteiger partial charge is 0.146 e. The van der Waals surface area contributed by atoms with E-state index in [-0.39, 0.29) is 5.69 Å². The van der Waals surface area contributed by atoms with Crippen molar-refractivity contribution in [1.82, 2.24) is 4.90 Å². The van der Waals surface area contributed by atoms with Crippen molar-refractivity contribution >= 4 is 5.69 Å². The van der Waals surface area contributed by atoms with Crippen LogP contribution in [0.4, 0.5) is 10.1 Å². The number of likely N-dealkylation sites (N-methyl/N-ethyl adjacent to an activating group) is 1. The minimum Gasteiger partial charge on any atom is -0.396 e. The van der Waals surface area contributed by atoms with E-state index in [4.69, 9.17) is 5.73 Å². The van der Waals surface area contributed by atoms with Gasteiger partial charge >= 0.3 is 0 Å². The Bertz CT molecular complexity index is 315. The first-order chi connectivity index (χ1) is 6.50. The molecule has 0 aromatic heterocycles. The highest BCUT2D eigenvalue weighted by atomic mass is 19.1. The molecule has 78 valence electrons. The van der Waals surface area contributed by atoms with Gasteiger partial charge in [0.15, 0.2) is 0 Å². The summed E-state index contributed by atoms with van der Waals surface area (Å²) in [7, 11) is 3.69. The molecule has 0 aliphatic carbocycles. The molecule has 0 fully saturated rings. The molecule has 1 rings (SSSR count). The number of anilines is 1. The van der Waals surface area contributed by atoms with Crippen molar-refractivity contribution in [2.75, 3.05) is 26.4 Å². The first-order valence-electron chi connectivity index (χ1n) is 4.38. The molecule has 0 spiro atoms. The topological polar surface area (TPSA) is 49.5 Å². The van der Waals surface area contributed by atoms with Crippen LogP contribution in [0.3, 0.4) is 0 Å². The maximum Gasteiger partial charge on any atom is 0.146 e. The lowest BCUT2D eigenvalue weighted by Gasteiger charge is -2.16.